The highest BCUT2D eigenvalue weighted by atomic mass is 32.2. The van der Waals surface area contributed by atoms with Gasteiger partial charge in [-0.05, 0) is 13.3 Å². The van der Waals surface area contributed by atoms with Crippen molar-refractivity contribution in [2.24, 2.45) is 17.6 Å². The van der Waals surface area contributed by atoms with Crippen molar-refractivity contribution >= 4 is 35.6 Å². The van der Waals surface area contributed by atoms with Gasteiger partial charge in [0.25, 0.3) is 0 Å². The lowest BCUT2D eigenvalue weighted by Gasteiger charge is -2.46. The van der Waals surface area contributed by atoms with E-state index in [1.807, 2.05) is 6.92 Å². The van der Waals surface area contributed by atoms with Crippen LogP contribution in [0.2, 0.25) is 0 Å². The molecular formula is C21H27N3O7S. The molecule has 0 spiro atoms. The molecule has 3 aliphatic heterocycles. The number of carboxylic acids is 1. The quantitative estimate of drug-likeness (QED) is 0.269. The van der Waals surface area contributed by atoms with E-state index < -0.39 is 48.0 Å². The summed E-state index contributed by atoms with van der Waals surface area (Å²) < 4.78 is 5.13. The Kier molecular flexibility index (Phi) is 6.99. The van der Waals surface area contributed by atoms with Gasteiger partial charge in [-0.25, -0.2) is 9.59 Å². The molecule has 0 radical (unpaired) electrons. The number of β-lactam (4-membered cyclic amide) rings is 1. The van der Waals surface area contributed by atoms with Crippen LogP contribution in [0.3, 0.4) is 0 Å². The van der Waals surface area contributed by atoms with Crippen LogP contribution in [0, 0.1) is 11.8 Å². The summed E-state index contributed by atoms with van der Waals surface area (Å²) in [5.41, 5.74) is 5.12. The molecule has 0 aromatic carbocycles. The van der Waals surface area contributed by atoms with E-state index in [1.54, 1.807) is 0 Å². The largest absolute Gasteiger partial charge is 0.477 e. The Morgan fingerprint density at radius 1 is 1.41 bits per heavy atom. The van der Waals surface area contributed by atoms with Gasteiger partial charge in [0.05, 0.1) is 24.1 Å². The van der Waals surface area contributed by atoms with E-state index in [1.165, 1.54) is 46.7 Å². The summed E-state index contributed by atoms with van der Waals surface area (Å²) in [4.78, 5) is 51.4. The number of ether oxygens (including phenoxy) is 1. The van der Waals surface area contributed by atoms with Gasteiger partial charge in [0.15, 0.2) is 0 Å². The SMILES string of the molecule is C=CCOC(=O)N1C[C@@H](SC2=C(C(=O)O)N3C(=O)[C@H]([C@@H](C)O)[C@H]3[C@H]2C)C[C@H]1/C=C/C(N)=O. The molecule has 3 amide bonds. The molecule has 3 aliphatic rings. The fourth-order valence-electron chi connectivity index (χ4n) is 4.58. The lowest BCUT2D eigenvalue weighted by atomic mass is 9.79. The van der Waals surface area contributed by atoms with Gasteiger partial charge in [-0.15, -0.1) is 11.8 Å². The molecule has 32 heavy (non-hydrogen) atoms. The van der Waals surface area contributed by atoms with Crippen molar-refractivity contribution in [3.8, 4) is 0 Å². The molecule has 174 valence electrons. The van der Waals surface area contributed by atoms with Crippen LogP contribution < -0.4 is 5.73 Å². The average Bonchev–Trinajstić information content (AvgIpc) is 3.22. The molecule has 0 bridgehead atoms. The molecule has 4 N–H and O–H groups in total. The summed E-state index contributed by atoms with van der Waals surface area (Å²) in [5, 5.41) is 19.6. The van der Waals surface area contributed by atoms with Crippen LogP contribution in [0.15, 0.2) is 35.4 Å². The minimum atomic E-state index is -1.20. The Labute approximate surface area is 189 Å². The van der Waals surface area contributed by atoms with E-state index in [-0.39, 0.29) is 30.0 Å². The van der Waals surface area contributed by atoms with Crippen LogP contribution in [0.1, 0.15) is 20.3 Å². The maximum absolute atomic E-state index is 12.5. The van der Waals surface area contributed by atoms with Gasteiger partial charge < -0.3 is 30.5 Å². The second-order valence-electron chi connectivity index (χ2n) is 8.09. The number of nitrogens with zero attached hydrogens (tertiary/aromatic N) is 2. The van der Waals surface area contributed by atoms with E-state index in [4.69, 9.17) is 10.5 Å². The van der Waals surface area contributed by atoms with Gasteiger partial charge in [0, 0.05) is 28.7 Å². The maximum Gasteiger partial charge on any atom is 0.410 e. The number of aliphatic carboxylic acids is 1. The standard InChI is InChI=1S/C21H27N3O7S/c1-4-7-31-21(30)23-9-13(8-12(23)5-6-14(22)26)32-18-10(2)16-15(11(3)25)19(27)24(16)17(18)20(28)29/h4-6,10-13,15-16,25H,1,7-9H2,2-3H3,(H2,22,26)(H,28,29)/b6-5+/t10-,11-,12-,13+,15-,16-/m1/s1. The highest BCUT2D eigenvalue weighted by Gasteiger charge is 2.60. The number of primary amides is 1. The molecule has 2 saturated heterocycles. The summed E-state index contributed by atoms with van der Waals surface area (Å²) in [6.45, 7) is 7.17. The third-order valence-corrected chi connectivity index (χ3v) is 7.45. The monoisotopic (exact) mass is 465 g/mol. The number of nitrogens with two attached hydrogens (primary N) is 1. The lowest BCUT2D eigenvalue weighted by Crippen LogP contribution is -2.63. The Morgan fingerprint density at radius 2 is 2.09 bits per heavy atom. The third-order valence-electron chi connectivity index (χ3n) is 5.95. The number of likely N-dealkylation sites (tertiary alicyclic amines) is 1. The summed E-state index contributed by atoms with van der Waals surface area (Å²) in [5.74, 6) is -3.16. The number of aliphatic hydroxyl groups is 1. The van der Waals surface area contributed by atoms with Crippen molar-refractivity contribution in [1.29, 1.82) is 0 Å². The Hall–Kier alpha value is -2.79. The van der Waals surface area contributed by atoms with Crippen molar-refractivity contribution in [3.05, 3.63) is 35.4 Å². The van der Waals surface area contributed by atoms with Crippen molar-refractivity contribution < 1.29 is 34.1 Å². The molecule has 0 unspecified atom stereocenters. The number of hydrogen-bond acceptors (Lipinski definition) is 7. The molecule has 6 atom stereocenters. The number of hydrogen-bond donors (Lipinski definition) is 3. The summed E-state index contributed by atoms with van der Waals surface area (Å²) in [6.07, 6.45) is 3.15. The molecular weight excluding hydrogens is 438 g/mol. The molecule has 0 aliphatic carbocycles. The first-order valence-corrected chi connectivity index (χ1v) is 11.1. The van der Waals surface area contributed by atoms with E-state index >= 15 is 0 Å². The van der Waals surface area contributed by atoms with Crippen LogP contribution in [-0.2, 0) is 19.1 Å². The smallest absolute Gasteiger partial charge is 0.410 e. The van der Waals surface area contributed by atoms with Gasteiger partial charge >= 0.3 is 12.1 Å². The van der Waals surface area contributed by atoms with Gasteiger partial charge in [-0.1, -0.05) is 25.7 Å². The molecule has 0 aromatic rings. The van der Waals surface area contributed by atoms with Crippen molar-refractivity contribution in [1.82, 2.24) is 9.80 Å². The predicted molar refractivity (Wildman–Crippen MR) is 116 cm³/mol. The zero-order valence-corrected chi connectivity index (χ0v) is 18.7. The second-order valence-corrected chi connectivity index (χ2v) is 9.44. The van der Waals surface area contributed by atoms with Crippen LogP contribution >= 0.6 is 11.8 Å². The maximum atomic E-state index is 12.5. The molecule has 2 fully saturated rings. The van der Waals surface area contributed by atoms with E-state index in [9.17, 15) is 29.4 Å². The van der Waals surface area contributed by atoms with Crippen molar-refractivity contribution in [2.45, 2.75) is 43.7 Å². The molecule has 0 saturated carbocycles. The zero-order valence-electron chi connectivity index (χ0n) is 17.8. The minimum Gasteiger partial charge on any atom is -0.477 e. The summed E-state index contributed by atoms with van der Waals surface area (Å²) in [6, 6.07) is -0.858. The Balaban J connectivity index is 1.83. The third kappa shape index (κ3) is 4.26. The fraction of sp³-hybridized carbons (Fsp3) is 0.524. The van der Waals surface area contributed by atoms with Crippen molar-refractivity contribution in [3.63, 3.8) is 0 Å². The Bertz CT molecular complexity index is 900. The lowest BCUT2D eigenvalue weighted by molar-refractivity contribution is -0.163. The second kappa shape index (κ2) is 9.37. The van der Waals surface area contributed by atoms with Gasteiger partial charge in [0.1, 0.15) is 12.3 Å². The average molecular weight is 466 g/mol. The number of thioether (sulfide) groups is 1. The van der Waals surface area contributed by atoms with E-state index in [0.717, 1.165) is 0 Å². The van der Waals surface area contributed by atoms with Crippen LogP contribution in [-0.4, -0.2) is 80.5 Å². The number of carboxylic acid groups (broad SMARTS) is 1. The highest BCUT2D eigenvalue weighted by Crippen LogP contribution is 2.52. The number of carbonyl (C=O) groups is 4. The highest BCUT2D eigenvalue weighted by molar-refractivity contribution is 8.03. The topological polar surface area (TPSA) is 150 Å². The van der Waals surface area contributed by atoms with Crippen molar-refractivity contribution in [2.75, 3.05) is 13.2 Å². The predicted octanol–water partition coefficient (Wildman–Crippen LogP) is 0.680. The number of fused-ring (bicyclic) bond motifs is 1. The first-order chi connectivity index (χ1) is 15.1. The van der Waals surface area contributed by atoms with Gasteiger partial charge in [-0.3, -0.25) is 9.59 Å². The Morgan fingerprint density at radius 3 is 2.66 bits per heavy atom. The summed E-state index contributed by atoms with van der Waals surface area (Å²) in [7, 11) is 0. The number of rotatable bonds is 8. The fourth-order valence-corrected chi connectivity index (χ4v) is 6.12. The van der Waals surface area contributed by atoms with Crippen LogP contribution in [0.5, 0.6) is 0 Å². The first kappa shape index (κ1) is 23.9. The van der Waals surface area contributed by atoms with Crippen LogP contribution in [0.4, 0.5) is 4.79 Å². The molecule has 3 rings (SSSR count). The van der Waals surface area contributed by atoms with Gasteiger partial charge in [0.2, 0.25) is 11.8 Å². The number of aliphatic hydroxyl groups excluding tert-OH is 1. The summed E-state index contributed by atoms with van der Waals surface area (Å²) >= 11 is 1.31. The van der Waals surface area contributed by atoms with E-state index in [2.05, 4.69) is 6.58 Å². The van der Waals surface area contributed by atoms with Gasteiger partial charge in [-0.2, -0.15) is 0 Å². The van der Waals surface area contributed by atoms with Crippen LogP contribution in [0.25, 0.3) is 0 Å². The number of amides is 3. The normalized spacial score (nSPS) is 30.3. The molecule has 10 nitrogen and oxygen atoms in total. The zero-order chi connectivity index (χ0) is 23.7. The first-order valence-electron chi connectivity index (χ1n) is 10.3. The molecule has 3 heterocycles. The van der Waals surface area contributed by atoms with E-state index in [0.29, 0.717) is 11.3 Å². The number of carbonyl (C=O) groups excluding carboxylic acids is 3. The molecule has 11 heteroatoms. The molecule has 0 aromatic heterocycles. The minimum absolute atomic E-state index is 0.0320.